The fraction of sp³-hybridized carbons (Fsp3) is 0.308. The van der Waals surface area contributed by atoms with E-state index in [-0.39, 0.29) is 12.3 Å². The smallest absolute Gasteiger partial charge is 0.226 e. The Balaban J connectivity index is 1.82. The van der Waals surface area contributed by atoms with E-state index >= 15 is 0 Å². The van der Waals surface area contributed by atoms with E-state index in [0.29, 0.717) is 29.2 Å². The number of carbonyl (C=O) groups excluding carboxylic acids is 1. The van der Waals surface area contributed by atoms with Crippen LogP contribution in [0.5, 0.6) is 0 Å². The van der Waals surface area contributed by atoms with Gasteiger partial charge in [0.2, 0.25) is 17.7 Å². The largest absolute Gasteiger partial charge is 0.425 e. The molecule has 0 aliphatic rings. The molecule has 3 aromatic heterocycles. The Morgan fingerprint density at radius 1 is 1.39 bits per heavy atom. The van der Waals surface area contributed by atoms with Crippen molar-refractivity contribution in [2.75, 3.05) is 0 Å². The second-order valence-corrected chi connectivity index (χ2v) is 6.55. The number of thiophene rings is 1. The van der Waals surface area contributed by atoms with Crippen LogP contribution in [-0.2, 0) is 17.1 Å². The van der Waals surface area contributed by atoms with Crippen molar-refractivity contribution in [3.05, 3.63) is 29.3 Å². The van der Waals surface area contributed by atoms with Crippen molar-refractivity contribution in [3.8, 4) is 10.7 Å². The van der Waals surface area contributed by atoms with E-state index < -0.39 is 0 Å². The molecule has 3 heterocycles. The highest BCUT2D eigenvalue weighted by Gasteiger charge is 2.16. The number of nitrogens with two attached hydrogens (primary N) is 1. The summed E-state index contributed by atoms with van der Waals surface area (Å²) in [6.07, 6.45) is 0.226. The zero-order valence-corrected chi connectivity index (χ0v) is 13.9. The van der Waals surface area contributed by atoms with Crippen LogP contribution in [0, 0.1) is 6.92 Å². The van der Waals surface area contributed by atoms with Crippen LogP contribution in [0.15, 0.2) is 27.1 Å². The van der Waals surface area contributed by atoms with Gasteiger partial charge in [-0.3, -0.25) is 4.79 Å². The molecular formula is C13H14N6O2S2. The van der Waals surface area contributed by atoms with Crippen molar-refractivity contribution in [2.45, 2.75) is 30.8 Å². The number of nitrogens with zero attached hydrogens (tertiary/aromatic N) is 5. The number of aryl methyl sites for hydroxylation is 1. The van der Waals surface area contributed by atoms with Gasteiger partial charge in [-0.2, -0.15) is 0 Å². The molecule has 0 aliphatic carbocycles. The van der Waals surface area contributed by atoms with Gasteiger partial charge in [-0.25, -0.2) is 0 Å². The van der Waals surface area contributed by atoms with E-state index in [9.17, 15) is 4.79 Å². The van der Waals surface area contributed by atoms with Gasteiger partial charge in [-0.1, -0.05) is 17.8 Å². The number of aromatic nitrogens is 5. The van der Waals surface area contributed by atoms with Crippen LogP contribution in [0.1, 0.15) is 18.2 Å². The fourth-order valence-electron chi connectivity index (χ4n) is 1.93. The highest BCUT2D eigenvalue weighted by atomic mass is 32.2. The average molecular weight is 350 g/mol. The summed E-state index contributed by atoms with van der Waals surface area (Å²) in [5, 5.41) is 18.9. The quantitative estimate of drug-likeness (QED) is 0.647. The van der Waals surface area contributed by atoms with Crippen molar-refractivity contribution < 1.29 is 9.21 Å². The van der Waals surface area contributed by atoms with E-state index in [4.69, 9.17) is 10.2 Å². The first-order valence-electron chi connectivity index (χ1n) is 6.80. The van der Waals surface area contributed by atoms with Crippen molar-refractivity contribution in [2.24, 2.45) is 5.73 Å². The minimum absolute atomic E-state index is 0.226. The lowest BCUT2D eigenvalue weighted by molar-refractivity contribution is -0.118. The molecule has 23 heavy (non-hydrogen) atoms. The topological polar surface area (TPSA) is 113 Å². The van der Waals surface area contributed by atoms with Gasteiger partial charge in [0, 0.05) is 19.9 Å². The lowest BCUT2D eigenvalue weighted by Gasteiger charge is -2.07. The van der Waals surface area contributed by atoms with Crippen LogP contribution in [0.4, 0.5) is 0 Å². The average Bonchev–Trinajstić information content (AvgIpc) is 3.23. The molecule has 0 bridgehead atoms. The van der Waals surface area contributed by atoms with E-state index in [1.54, 1.807) is 18.3 Å². The van der Waals surface area contributed by atoms with Gasteiger partial charge in [0.25, 0.3) is 0 Å². The monoisotopic (exact) mass is 350 g/mol. The predicted octanol–water partition coefficient (Wildman–Crippen LogP) is 1.87. The third-order valence-electron chi connectivity index (χ3n) is 2.93. The van der Waals surface area contributed by atoms with Crippen LogP contribution >= 0.6 is 23.1 Å². The molecule has 0 saturated carbocycles. The molecule has 1 amide bonds. The summed E-state index contributed by atoms with van der Waals surface area (Å²) in [6, 6.07) is 3.91. The number of carbonyl (C=O) groups is 1. The summed E-state index contributed by atoms with van der Waals surface area (Å²) in [5.74, 6) is 1.90. The molecule has 0 aromatic carbocycles. The van der Waals surface area contributed by atoms with Gasteiger partial charge in [-0.05, 0) is 11.4 Å². The number of amides is 1. The van der Waals surface area contributed by atoms with Crippen molar-refractivity contribution >= 4 is 29.0 Å². The maximum absolute atomic E-state index is 11.1. The first kappa shape index (κ1) is 15.7. The Bertz CT molecular complexity index is 795. The first-order chi connectivity index (χ1) is 11.1. The normalized spacial score (nSPS) is 11.0. The molecule has 0 unspecified atom stereocenters. The minimum atomic E-state index is -0.362. The molecule has 0 saturated heterocycles. The number of primary amides is 1. The SMILES string of the molecule is Cc1nnc(CSc2nnc(-c3cccs3)n2CCC(N)=O)o1. The number of hydrogen-bond acceptors (Lipinski definition) is 8. The van der Waals surface area contributed by atoms with Crippen LogP contribution < -0.4 is 5.73 Å². The first-order valence-corrected chi connectivity index (χ1v) is 8.67. The minimum Gasteiger partial charge on any atom is -0.425 e. The molecule has 10 heteroatoms. The molecule has 0 atom stereocenters. The summed E-state index contributed by atoms with van der Waals surface area (Å²) in [7, 11) is 0. The Morgan fingerprint density at radius 3 is 2.91 bits per heavy atom. The van der Waals surface area contributed by atoms with Crippen LogP contribution in [0.2, 0.25) is 0 Å². The van der Waals surface area contributed by atoms with Crippen LogP contribution in [0.25, 0.3) is 10.7 Å². The molecule has 120 valence electrons. The number of thioether (sulfide) groups is 1. The van der Waals surface area contributed by atoms with Crippen LogP contribution in [0.3, 0.4) is 0 Å². The highest BCUT2D eigenvalue weighted by Crippen LogP contribution is 2.28. The van der Waals surface area contributed by atoms with Crippen molar-refractivity contribution in [1.82, 2.24) is 25.0 Å². The number of hydrogen-bond donors (Lipinski definition) is 1. The molecule has 8 nitrogen and oxygen atoms in total. The maximum Gasteiger partial charge on any atom is 0.226 e. The summed E-state index contributed by atoms with van der Waals surface area (Å²) in [6.45, 7) is 2.17. The molecule has 0 fully saturated rings. The standard InChI is InChI=1S/C13H14N6O2S2/c1-8-15-16-11(21-8)7-23-13-18-17-12(9-3-2-6-22-9)19(13)5-4-10(14)20/h2-3,6H,4-5,7H2,1H3,(H2,14,20). The molecule has 0 spiro atoms. The van der Waals surface area contributed by atoms with Crippen LogP contribution in [-0.4, -0.2) is 30.9 Å². The van der Waals surface area contributed by atoms with E-state index in [1.165, 1.54) is 11.8 Å². The zero-order valence-electron chi connectivity index (χ0n) is 12.3. The lowest BCUT2D eigenvalue weighted by Crippen LogP contribution is -2.14. The Labute approximate surface area is 140 Å². The zero-order chi connectivity index (χ0) is 16.2. The molecule has 2 N–H and O–H groups in total. The van der Waals surface area contributed by atoms with Crippen molar-refractivity contribution in [3.63, 3.8) is 0 Å². The van der Waals surface area contributed by atoms with E-state index in [2.05, 4.69) is 20.4 Å². The van der Waals surface area contributed by atoms with E-state index in [1.807, 2.05) is 22.1 Å². The Hall–Kier alpha value is -2.20. The molecule has 0 aliphatic heterocycles. The van der Waals surface area contributed by atoms with E-state index in [0.717, 1.165) is 10.7 Å². The third-order valence-corrected chi connectivity index (χ3v) is 4.75. The molecule has 3 rings (SSSR count). The second kappa shape index (κ2) is 6.92. The van der Waals surface area contributed by atoms with Gasteiger partial charge in [0.1, 0.15) is 0 Å². The maximum atomic E-state index is 11.1. The Morgan fingerprint density at radius 2 is 2.26 bits per heavy atom. The van der Waals surface area contributed by atoms with Gasteiger partial charge >= 0.3 is 0 Å². The van der Waals surface area contributed by atoms with Gasteiger partial charge in [-0.15, -0.1) is 31.7 Å². The fourth-order valence-corrected chi connectivity index (χ4v) is 3.45. The van der Waals surface area contributed by atoms with Crippen molar-refractivity contribution in [1.29, 1.82) is 0 Å². The molecule has 0 radical (unpaired) electrons. The number of rotatable bonds is 7. The molecule has 3 aromatic rings. The molecular weight excluding hydrogens is 336 g/mol. The summed E-state index contributed by atoms with van der Waals surface area (Å²) in [5.41, 5.74) is 5.27. The summed E-state index contributed by atoms with van der Waals surface area (Å²) in [4.78, 5) is 12.1. The van der Waals surface area contributed by atoms with Gasteiger partial charge in [0.05, 0.1) is 10.6 Å². The highest BCUT2D eigenvalue weighted by molar-refractivity contribution is 7.98. The Kier molecular flexibility index (Phi) is 4.72. The summed E-state index contributed by atoms with van der Waals surface area (Å²) < 4.78 is 7.24. The predicted molar refractivity (Wildman–Crippen MR) is 85.7 cm³/mol. The van der Waals surface area contributed by atoms with Gasteiger partial charge < -0.3 is 14.7 Å². The van der Waals surface area contributed by atoms with Gasteiger partial charge in [0.15, 0.2) is 11.0 Å². The second-order valence-electron chi connectivity index (χ2n) is 4.65. The summed E-state index contributed by atoms with van der Waals surface area (Å²) >= 11 is 2.99. The third kappa shape index (κ3) is 3.77. The lowest BCUT2D eigenvalue weighted by atomic mass is 10.4.